The Morgan fingerprint density at radius 2 is 1.80 bits per heavy atom. The first-order valence-electron chi connectivity index (χ1n) is 18.0. The van der Waals surface area contributed by atoms with Crippen molar-refractivity contribution in [2.75, 3.05) is 26.2 Å². The van der Waals surface area contributed by atoms with Crippen molar-refractivity contribution in [1.29, 1.82) is 5.26 Å². The van der Waals surface area contributed by atoms with Crippen molar-refractivity contribution in [2.24, 2.45) is 5.41 Å². The number of rotatable bonds is 12. The third-order valence-electron chi connectivity index (χ3n) is 10.5. The van der Waals surface area contributed by atoms with E-state index in [1.54, 1.807) is 26.8 Å². The highest BCUT2D eigenvalue weighted by atomic mass is 32.1. The summed E-state index contributed by atoms with van der Waals surface area (Å²) in [6.07, 6.45) is -7.26. The Kier molecular flexibility index (Phi) is 12.2. The van der Waals surface area contributed by atoms with Crippen molar-refractivity contribution in [1.82, 2.24) is 14.8 Å². The number of hydrogen-bond acceptors (Lipinski definition) is 8. The molecule has 300 valence electrons. The maximum Gasteiger partial charge on any atom is 0.425 e. The van der Waals surface area contributed by atoms with E-state index in [0.29, 0.717) is 35.1 Å². The zero-order valence-electron chi connectivity index (χ0n) is 30.9. The molecule has 0 aliphatic carbocycles. The van der Waals surface area contributed by atoms with Gasteiger partial charge in [0.25, 0.3) is 11.8 Å². The van der Waals surface area contributed by atoms with Crippen LogP contribution in [0.25, 0.3) is 0 Å². The van der Waals surface area contributed by atoms with Crippen LogP contribution < -0.4 is 9.47 Å². The predicted octanol–water partition coefficient (Wildman–Crippen LogP) is 7.97. The van der Waals surface area contributed by atoms with Crippen LogP contribution in [0, 0.1) is 28.9 Å². The third kappa shape index (κ3) is 8.53. The van der Waals surface area contributed by atoms with E-state index in [4.69, 9.17) is 9.47 Å². The Hall–Kier alpha value is -5.03. The number of pyridine rings is 1. The molecule has 3 aromatic rings. The molecule has 0 spiro atoms. The fraction of sp³-hybridized carbons (Fsp3) is 0.513. The normalized spacial score (nSPS) is 20.1. The van der Waals surface area contributed by atoms with E-state index >= 15 is 0 Å². The molecular formula is C39H40F6N4O6S. The third-order valence-corrected chi connectivity index (χ3v) is 11.4. The van der Waals surface area contributed by atoms with Crippen LogP contribution in [-0.4, -0.2) is 75.6 Å². The standard InChI is InChI=1S/C39H40F6N4O6S/c1-4-8-30-37(55-25-21-31(56-23-25)39(43,44)45,12-7-17-49(30)32(50)26-22-47-16-11-27(26)38(40,41)42)33(51)48-18-13-36(24-46,14-19-48)28-9-5-6-10-29(28)54-20-15-35(2,3)34(52)53/h6,10-11,16,21-23,30H,4,7-8,12-15,17-20H2,1-3H3,(H,52,53)/t30-,37+/m1/s1. The first kappa shape index (κ1) is 42.1. The SMILES string of the molecule is CCC[C@H]1N(C(=O)c2cnccc2C(F)(F)F)CCC[C@@]1(Oc1csc(C(F)(F)F)c1)C(=O)N1CCC(C#N)(c2c#cccc2OCCC(C)(C)C(=O)O)CC1. The molecule has 56 heavy (non-hydrogen) atoms. The molecule has 2 amide bonds. The van der Waals surface area contributed by atoms with E-state index < -0.39 is 68.6 Å². The number of carbonyl (C=O) groups excluding carboxylic acids is 2. The van der Waals surface area contributed by atoms with Gasteiger partial charge in [0.15, 0.2) is 0 Å². The summed E-state index contributed by atoms with van der Waals surface area (Å²) in [4.78, 5) is 46.0. The van der Waals surface area contributed by atoms with Crippen LogP contribution in [0.1, 0.15) is 92.1 Å². The van der Waals surface area contributed by atoms with Crippen LogP contribution in [0.15, 0.2) is 42.0 Å². The maximum absolute atomic E-state index is 15.0. The lowest BCUT2D eigenvalue weighted by Gasteiger charge is -2.51. The van der Waals surface area contributed by atoms with Gasteiger partial charge in [-0.2, -0.15) is 31.6 Å². The number of amides is 2. The molecule has 2 fully saturated rings. The Balaban J connectivity index is 1.49. The molecule has 2 aliphatic rings. The first-order chi connectivity index (χ1) is 26.3. The van der Waals surface area contributed by atoms with Crippen molar-refractivity contribution < 1.29 is 55.3 Å². The fourth-order valence-electron chi connectivity index (χ4n) is 7.25. The van der Waals surface area contributed by atoms with Gasteiger partial charge in [0.1, 0.15) is 16.4 Å². The van der Waals surface area contributed by atoms with Crippen molar-refractivity contribution in [3.05, 3.63) is 75.7 Å². The minimum Gasteiger partial charge on any atom is -0.493 e. The van der Waals surface area contributed by atoms with Crippen LogP contribution in [0.4, 0.5) is 26.3 Å². The van der Waals surface area contributed by atoms with E-state index in [0.717, 1.165) is 28.7 Å². The molecule has 1 aromatic carbocycles. The molecule has 0 saturated carbocycles. The van der Waals surface area contributed by atoms with E-state index in [1.165, 1.54) is 11.0 Å². The second-order valence-electron chi connectivity index (χ2n) is 14.6. The molecule has 0 radical (unpaired) electrons. The highest BCUT2D eigenvalue weighted by Gasteiger charge is 2.57. The molecule has 2 saturated heterocycles. The molecule has 10 nitrogen and oxygen atoms in total. The Morgan fingerprint density at radius 3 is 2.41 bits per heavy atom. The molecule has 2 aliphatic heterocycles. The fourth-order valence-corrected chi connectivity index (χ4v) is 7.93. The van der Waals surface area contributed by atoms with Crippen LogP contribution >= 0.6 is 11.3 Å². The van der Waals surface area contributed by atoms with Crippen LogP contribution in [0.3, 0.4) is 0 Å². The van der Waals surface area contributed by atoms with Gasteiger partial charge in [0, 0.05) is 49.9 Å². The molecule has 2 atom stereocenters. The number of thiophene rings is 1. The number of nitriles is 1. The average molecular weight is 807 g/mol. The summed E-state index contributed by atoms with van der Waals surface area (Å²) in [5.41, 5.74) is -5.93. The zero-order valence-corrected chi connectivity index (χ0v) is 31.7. The first-order valence-corrected chi connectivity index (χ1v) is 18.8. The number of nitrogens with zero attached hydrogens (tertiary/aromatic N) is 4. The van der Waals surface area contributed by atoms with E-state index in [2.05, 4.69) is 23.2 Å². The smallest absolute Gasteiger partial charge is 0.425 e. The van der Waals surface area contributed by atoms with E-state index in [1.807, 2.05) is 0 Å². The number of halogens is 6. The van der Waals surface area contributed by atoms with Crippen molar-refractivity contribution in [3.8, 4) is 17.6 Å². The highest BCUT2D eigenvalue weighted by Crippen LogP contribution is 2.45. The van der Waals surface area contributed by atoms with Gasteiger partial charge in [-0.05, 0) is 64.2 Å². The molecule has 1 N–H and O–H groups in total. The van der Waals surface area contributed by atoms with Crippen molar-refractivity contribution in [2.45, 2.75) is 95.1 Å². The lowest BCUT2D eigenvalue weighted by Crippen LogP contribution is -2.68. The topological polar surface area (TPSA) is 133 Å². The minimum absolute atomic E-state index is 0.0202. The minimum atomic E-state index is -4.91. The van der Waals surface area contributed by atoms with Crippen LogP contribution in [0.2, 0.25) is 0 Å². The van der Waals surface area contributed by atoms with Gasteiger partial charge in [0.05, 0.1) is 46.2 Å². The second-order valence-corrected chi connectivity index (χ2v) is 15.5. The zero-order chi connectivity index (χ0) is 41.1. The van der Waals surface area contributed by atoms with E-state index in [9.17, 15) is 51.1 Å². The lowest BCUT2D eigenvalue weighted by atomic mass is 9.73. The summed E-state index contributed by atoms with van der Waals surface area (Å²) >= 11 is 0.352. The molecule has 0 bridgehead atoms. The second kappa shape index (κ2) is 16.2. The van der Waals surface area contributed by atoms with Crippen LogP contribution in [-0.2, 0) is 27.4 Å². The Bertz CT molecular complexity index is 1950. The van der Waals surface area contributed by atoms with Crippen molar-refractivity contribution >= 4 is 29.1 Å². The Morgan fingerprint density at radius 1 is 1.09 bits per heavy atom. The van der Waals surface area contributed by atoms with Crippen LogP contribution in [0.5, 0.6) is 11.5 Å². The van der Waals surface area contributed by atoms with Gasteiger partial charge in [-0.15, -0.1) is 11.3 Å². The summed E-state index contributed by atoms with van der Waals surface area (Å²) in [6.45, 7) is 4.73. The van der Waals surface area contributed by atoms with E-state index in [-0.39, 0.29) is 70.5 Å². The Labute approximate surface area is 324 Å². The largest absolute Gasteiger partial charge is 0.493 e. The predicted molar refractivity (Wildman–Crippen MR) is 190 cm³/mol. The molecule has 4 heterocycles. The van der Waals surface area contributed by atoms with Gasteiger partial charge in [-0.3, -0.25) is 19.4 Å². The summed E-state index contributed by atoms with van der Waals surface area (Å²) in [7, 11) is 0. The number of aliphatic carboxylic acids is 1. The number of ether oxygens (including phenoxy) is 2. The monoisotopic (exact) mass is 806 g/mol. The maximum atomic E-state index is 15.0. The summed E-state index contributed by atoms with van der Waals surface area (Å²) in [6, 6.07) is 11.5. The number of aromatic nitrogens is 1. The summed E-state index contributed by atoms with van der Waals surface area (Å²) < 4.78 is 95.6. The summed E-state index contributed by atoms with van der Waals surface area (Å²) in [5.74, 6) is -2.73. The van der Waals surface area contributed by atoms with Crippen molar-refractivity contribution in [3.63, 3.8) is 0 Å². The molecule has 2 aromatic heterocycles. The lowest BCUT2D eigenvalue weighted by molar-refractivity contribution is -0.160. The van der Waals surface area contributed by atoms with Gasteiger partial charge in [-0.25, -0.2) is 0 Å². The number of carboxylic acid groups (broad SMARTS) is 1. The number of piperidine rings is 2. The van der Waals surface area contributed by atoms with Gasteiger partial charge >= 0.3 is 18.3 Å². The number of alkyl halides is 6. The molecule has 0 unspecified atom stereocenters. The molecule has 17 heteroatoms. The summed E-state index contributed by atoms with van der Waals surface area (Å²) in [5, 5.41) is 21.2. The highest BCUT2D eigenvalue weighted by molar-refractivity contribution is 7.10. The number of carbonyl (C=O) groups is 3. The average Bonchev–Trinajstić information content (AvgIpc) is 3.64. The number of carboxylic acids is 1. The number of hydrogen-bond donors (Lipinski definition) is 1. The van der Waals surface area contributed by atoms with Gasteiger partial charge in [0.2, 0.25) is 5.60 Å². The van der Waals surface area contributed by atoms with Gasteiger partial charge in [-0.1, -0.05) is 25.5 Å². The quantitative estimate of drug-likeness (QED) is 0.182. The molecule has 5 rings (SSSR count). The molecular weight excluding hydrogens is 767 g/mol. The van der Waals surface area contributed by atoms with Gasteiger partial charge < -0.3 is 24.4 Å². The number of likely N-dealkylation sites (tertiary alicyclic amines) is 2.